The minimum Gasteiger partial charge on any atom is -0.369 e. The first kappa shape index (κ1) is 22.5. The zero-order chi connectivity index (χ0) is 20.0. The van der Waals surface area contributed by atoms with Gasteiger partial charge in [0.25, 0.3) is 0 Å². The number of benzene rings is 2. The molecule has 10 heteroatoms. The molecular formula is C19H25N5O4S. The van der Waals surface area contributed by atoms with Gasteiger partial charge in [-0.2, -0.15) is 8.42 Å². The van der Waals surface area contributed by atoms with Gasteiger partial charge in [0.1, 0.15) is 0 Å². The summed E-state index contributed by atoms with van der Waals surface area (Å²) >= 11 is 0. The maximum atomic E-state index is 11.2. The number of rotatable bonds is 9. The first-order chi connectivity index (χ1) is 13.5. The zero-order valence-corrected chi connectivity index (χ0v) is 16.4. The number of aromatic nitrogens is 2. The number of aromatic amines is 1. The minimum absolute atomic E-state index is 0. The van der Waals surface area contributed by atoms with Crippen molar-refractivity contribution < 1.29 is 16.8 Å². The average molecular weight is 420 g/mol. The van der Waals surface area contributed by atoms with Crippen LogP contribution >= 0.6 is 0 Å². The van der Waals surface area contributed by atoms with Gasteiger partial charge >= 0.3 is 10.4 Å². The van der Waals surface area contributed by atoms with Crippen LogP contribution in [0.5, 0.6) is 0 Å². The Morgan fingerprint density at radius 2 is 1.83 bits per heavy atom. The Bertz CT molecular complexity index is 1010. The number of nitrogens with zero attached hydrogens (tertiary/aromatic N) is 4. The Balaban J connectivity index is 0.00000300. The molecule has 3 rings (SSSR count). The first-order valence-corrected chi connectivity index (χ1v) is 10.0. The molecule has 156 valence electrons. The molecule has 0 aliphatic carbocycles. The van der Waals surface area contributed by atoms with Gasteiger partial charge in [-0.1, -0.05) is 19.6 Å². The number of hydrogen-bond acceptors (Lipinski definition) is 8. The summed E-state index contributed by atoms with van der Waals surface area (Å²) in [6.07, 6.45) is 0. The van der Waals surface area contributed by atoms with Crippen molar-refractivity contribution in [2.24, 2.45) is 10.2 Å². The SMILES string of the molecule is C.CCN(CCOS(=O)(=O)OC)c1ccc(N=Nc2nc3ccccc3[nH]2)cc1. The molecule has 0 bridgehead atoms. The van der Waals surface area contributed by atoms with E-state index in [0.717, 1.165) is 23.8 Å². The summed E-state index contributed by atoms with van der Waals surface area (Å²) in [5.41, 5.74) is 3.34. The van der Waals surface area contributed by atoms with E-state index in [1.54, 1.807) is 0 Å². The predicted molar refractivity (Wildman–Crippen MR) is 113 cm³/mol. The fourth-order valence-corrected chi connectivity index (χ4v) is 2.96. The van der Waals surface area contributed by atoms with Crippen molar-refractivity contribution in [3.63, 3.8) is 0 Å². The summed E-state index contributed by atoms with van der Waals surface area (Å²) in [7, 11) is -2.86. The molecule has 3 aromatic rings. The van der Waals surface area contributed by atoms with E-state index in [0.29, 0.717) is 24.7 Å². The number of nitrogens with one attached hydrogen (secondary N) is 1. The van der Waals surface area contributed by atoms with Crippen LogP contribution in [-0.4, -0.2) is 45.2 Å². The third kappa shape index (κ3) is 6.08. The van der Waals surface area contributed by atoms with E-state index in [2.05, 4.69) is 24.4 Å². The van der Waals surface area contributed by atoms with Crippen molar-refractivity contribution in [2.45, 2.75) is 14.4 Å². The second-order valence-corrected chi connectivity index (χ2v) is 7.16. The highest BCUT2D eigenvalue weighted by molar-refractivity contribution is 7.81. The van der Waals surface area contributed by atoms with Gasteiger partial charge in [-0.25, -0.2) is 9.17 Å². The van der Waals surface area contributed by atoms with Crippen LogP contribution in [0.1, 0.15) is 14.4 Å². The molecule has 1 aromatic heterocycles. The Hall–Kier alpha value is -2.82. The number of likely N-dealkylation sites (N-methyl/N-ethyl adjacent to an activating group) is 1. The van der Waals surface area contributed by atoms with Gasteiger partial charge in [0.2, 0.25) is 5.95 Å². The van der Waals surface area contributed by atoms with Crippen LogP contribution in [0.3, 0.4) is 0 Å². The molecule has 0 aliphatic heterocycles. The normalized spacial score (nSPS) is 11.7. The van der Waals surface area contributed by atoms with Crippen LogP contribution in [0.2, 0.25) is 0 Å². The highest BCUT2D eigenvalue weighted by Gasteiger charge is 2.11. The number of azo groups is 1. The number of fused-ring (bicyclic) bond motifs is 1. The predicted octanol–water partition coefficient (Wildman–Crippen LogP) is 4.35. The standard InChI is InChI=1S/C18H21N5O4S.CH4/c1-3-23(12-13-27-28(24,25)26-2)15-10-8-14(9-11-15)21-22-18-19-16-6-4-5-7-17(16)20-18;/h4-11H,3,12-13H2,1-2H3,(H,19,20);1H4. The molecule has 0 spiro atoms. The summed E-state index contributed by atoms with van der Waals surface area (Å²) in [4.78, 5) is 9.42. The topological polar surface area (TPSA) is 109 Å². The van der Waals surface area contributed by atoms with Crippen LogP contribution in [-0.2, 0) is 18.8 Å². The summed E-state index contributed by atoms with van der Waals surface area (Å²) < 4.78 is 31.4. The van der Waals surface area contributed by atoms with Gasteiger partial charge in [0.05, 0.1) is 30.4 Å². The van der Waals surface area contributed by atoms with Gasteiger partial charge in [-0.15, -0.1) is 10.2 Å². The molecule has 0 radical (unpaired) electrons. The lowest BCUT2D eigenvalue weighted by molar-refractivity contribution is 0.248. The Morgan fingerprint density at radius 1 is 1.10 bits per heavy atom. The quantitative estimate of drug-likeness (QED) is 0.517. The molecular weight excluding hydrogens is 394 g/mol. The molecule has 0 fully saturated rings. The zero-order valence-electron chi connectivity index (χ0n) is 15.6. The van der Waals surface area contributed by atoms with E-state index in [1.165, 1.54) is 0 Å². The van der Waals surface area contributed by atoms with E-state index in [1.807, 2.05) is 60.4 Å². The van der Waals surface area contributed by atoms with Gasteiger partial charge in [-0.05, 0) is 43.3 Å². The number of anilines is 1. The first-order valence-electron chi connectivity index (χ1n) is 8.67. The van der Waals surface area contributed by atoms with E-state index >= 15 is 0 Å². The van der Waals surface area contributed by atoms with Crippen LogP contribution in [0.25, 0.3) is 11.0 Å². The summed E-state index contributed by atoms with van der Waals surface area (Å²) in [6.45, 7) is 3.06. The molecule has 0 saturated heterocycles. The Labute approximate surface area is 170 Å². The van der Waals surface area contributed by atoms with Crippen molar-refractivity contribution in [1.82, 2.24) is 9.97 Å². The number of imidazole rings is 1. The van der Waals surface area contributed by atoms with Crippen LogP contribution in [0.15, 0.2) is 58.8 Å². The number of para-hydroxylation sites is 2. The lowest BCUT2D eigenvalue weighted by Gasteiger charge is -2.22. The Morgan fingerprint density at radius 3 is 2.48 bits per heavy atom. The lowest BCUT2D eigenvalue weighted by Crippen LogP contribution is -2.28. The molecule has 1 heterocycles. The highest BCUT2D eigenvalue weighted by atomic mass is 32.3. The van der Waals surface area contributed by atoms with Crippen LogP contribution < -0.4 is 4.90 Å². The van der Waals surface area contributed by atoms with Crippen LogP contribution in [0.4, 0.5) is 17.3 Å². The molecule has 9 nitrogen and oxygen atoms in total. The minimum atomic E-state index is -3.92. The van der Waals surface area contributed by atoms with Gasteiger partial charge < -0.3 is 9.88 Å². The van der Waals surface area contributed by atoms with Gasteiger partial charge in [0, 0.05) is 18.8 Å². The van der Waals surface area contributed by atoms with Crippen molar-refractivity contribution >= 4 is 38.8 Å². The molecule has 2 aromatic carbocycles. The molecule has 29 heavy (non-hydrogen) atoms. The molecule has 0 saturated carbocycles. The van der Waals surface area contributed by atoms with Gasteiger partial charge in [0.15, 0.2) is 0 Å². The smallest absolute Gasteiger partial charge is 0.369 e. The van der Waals surface area contributed by atoms with Crippen molar-refractivity contribution in [3.05, 3.63) is 48.5 Å². The van der Waals surface area contributed by atoms with Gasteiger partial charge in [-0.3, -0.25) is 4.18 Å². The highest BCUT2D eigenvalue weighted by Crippen LogP contribution is 2.22. The summed E-state index contributed by atoms with van der Waals surface area (Å²) in [5.74, 6) is 0.442. The number of hydrogen-bond donors (Lipinski definition) is 1. The molecule has 0 unspecified atom stereocenters. The van der Waals surface area contributed by atoms with Crippen molar-refractivity contribution in [3.8, 4) is 0 Å². The fourth-order valence-electron chi connectivity index (χ4n) is 2.59. The molecule has 0 amide bonds. The molecule has 0 atom stereocenters. The fraction of sp³-hybridized carbons (Fsp3) is 0.316. The van der Waals surface area contributed by atoms with E-state index in [4.69, 9.17) is 4.18 Å². The lowest BCUT2D eigenvalue weighted by atomic mass is 10.2. The average Bonchev–Trinajstić information content (AvgIpc) is 3.13. The third-order valence-electron chi connectivity index (χ3n) is 4.03. The number of H-pyrrole nitrogens is 1. The maximum Gasteiger partial charge on any atom is 0.399 e. The van der Waals surface area contributed by atoms with Crippen molar-refractivity contribution in [1.29, 1.82) is 0 Å². The molecule has 0 aliphatic rings. The Kier molecular flexibility index (Phi) is 7.82. The summed E-state index contributed by atoms with van der Waals surface area (Å²) in [6, 6.07) is 15.1. The van der Waals surface area contributed by atoms with Crippen LogP contribution in [0, 0.1) is 0 Å². The second-order valence-electron chi connectivity index (χ2n) is 5.77. The van der Waals surface area contributed by atoms with E-state index in [9.17, 15) is 8.42 Å². The maximum absolute atomic E-state index is 11.2. The summed E-state index contributed by atoms with van der Waals surface area (Å²) in [5, 5.41) is 8.33. The second kappa shape index (κ2) is 10.1. The van der Waals surface area contributed by atoms with Crippen molar-refractivity contribution in [2.75, 3.05) is 31.7 Å². The monoisotopic (exact) mass is 419 g/mol. The van der Waals surface area contributed by atoms with E-state index < -0.39 is 10.4 Å². The molecule has 1 N–H and O–H groups in total. The third-order valence-corrected chi connectivity index (χ3v) is 4.89. The van der Waals surface area contributed by atoms with E-state index in [-0.39, 0.29) is 14.0 Å². The largest absolute Gasteiger partial charge is 0.399 e.